The summed E-state index contributed by atoms with van der Waals surface area (Å²) in [6.45, 7) is 5.98. The third-order valence-electron chi connectivity index (χ3n) is 5.89. The van der Waals surface area contributed by atoms with Crippen molar-refractivity contribution in [3.63, 3.8) is 0 Å². The molecule has 0 radical (unpaired) electrons. The van der Waals surface area contributed by atoms with E-state index in [0.29, 0.717) is 5.82 Å². The second-order valence-electron chi connectivity index (χ2n) is 8.19. The monoisotopic (exact) mass is 451 g/mol. The fraction of sp³-hybridized carbons (Fsp3) is 0.0312. The van der Waals surface area contributed by atoms with Crippen molar-refractivity contribution >= 4 is 16.3 Å². The van der Waals surface area contributed by atoms with Crippen LogP contribution in [0.2, 0.25) is 0 Å². The van der Waals surface area contributed by atoms with Crippen molar-refractivity contribution in [1.82, 2.24) is 15.0 Å². The normalized spacial score (nSPS) is 11.7. The molecule has 0 aliphatic rings. The number of rotatable bonds is 6. The summed E-state index contributed by atoms with van der Waals surface area (Å²) in [5, 5.41) is 2.39. The summed E-state index contributed by atoms with van der Waals surface area (Å²) in [6.07, 6.45) is 11.4. The van der Waals surface area contributed by atoms with Gasteiger partial charge in [0.05, 0.1) is 11.4 Å². The minimum absolute atomic E-state index is 0.648. The average Bonchev–Trinajstić information content (AvgIpc) is 2.93. The number of hydrogen-bond acceptors (Lipinski definition) is 3. The molecule has 0 aliphatic heterocycles. The third kappa shape index (κ3) is 4.85. The summed E-state index contributed by atoms with van der Waals surface area (Å²) in [4.78, 5) is 14.1. The molecule has 0 amide bonds. The van der Waals surface area contributed by atoms with Crippen LogP contribution in [0.3, 0.4) is 0 Å². The van der Waals surface area contributed by atoms with Crippen molar-refractivity contribution in [2.24, 2.45) is 0 Å². The van der Waals surface area contributed by atoms with E-state index in [9.17, 15) is 0 Å². The fourth-order valence-electron chi connectivity index (χ4n) is 4.02. The van der Waals surface area contributed by atoms with Gasteiger partial charge < -0.3 is 0 Å². The molecule has 35 heavy (non-hydrogen) atoms. The largest absolute Gasteiger partial charge is 0.264 e. The molecule has 0 unspecified atom stereocenters. The lowest BCUT2D eigenvalue weighted by Gasteiger charge is -2.11. The second kappa shape index (κ2) is 10.1. The van der Waals surface area contributed by atoms with Gasteiger partial charge in [-0.3, -0.25) is 4.98 Å². The summed E-state index contributed by atoms with van der Waals surface area (Å²) in [5.74, 6) is 0.648. The van der Waals surface area contributed by atoms with Crippen LogP contribution in [0, 0.1) is 0 Å². The second-order valence-corrected chi connectivity index (χ2v) is 8.19. The van der Waals surface area contributed by atoms with Crippen molar-refractivity contribution in [1.29, 1.82) is 0 Å². The van der Waals surface area contributed by atoms with Gasteiger partial charge in [0.25, 0.3) is 0 Å². The van der Waals surface area contributed by atoms with E-state index in [1.165, 1.54) is 10.8 Å². The predicted molar refractivity (Wildman–Crippen MR) is 147 cm³/mol. The maximum Gasteiger partial charge on any atom is 0.160 e. The number of hydrogen-bond donors (Lipinski definition) is 0. The zero-order chi connectivity index (χ0) is 24.0. The molecule has 168 valence electrons. The Morgan fingerprint density at radius 1 is 0.714 bits per heavy atom. The zero-order valence-electron chi connectivity index (χ0n) is 19.6. The van der Waals surface area contributed by atoms with E-state index in [0.717, 1.165) is 39.2 Å². The third-order valence-corrected chi connectivity index (χ3v) is 5.89. The first kappa shape index (κ1) is 22.2. The smallest absolute Gasteiger partial charge is 0.160 e. The first-order valence-electron chi connectivity index (χ1n) is 11.6. The van der Waals surface area contributed by atoms with Gasteiger partial charge in [0.2, 0.25) is 0 Å². The highest BCUT2D eigenvalue weighted by molar-refractivity contribution is 5.87. The Bertz CT molecular complexity index is 1550. The molecule has 0 N–H and O–H groups in total. The molecular formula is C32H25N3. The Labute approximate surface area is 205 Å². The molecule has 3 aromatic carbocycles. The Balaban J connectivity index is 1.63. The first-order chi connectivity index (χ1) is 17.2. The van der Waals surface area contributed by atoms with Gasteiger partial charge in [0.1, 0.15) is 0 Å². The van der Waals surface area contributed by atoms with E-state index in [4.69, 9.17) is 9.97 Å². The SMILES string of the molecule is C=C/C(=C\C=C/C)c1nc(-c2ccc(-c3cccnc3)cc2)cc(-c2ccc3ccccc3c2)n1. The highest BCUT2D eigenvalue weighted by Gasteiger charge is 2.11. The van der Waals surface area contributed by atoms with Gasteiger partial charge >= 0.3 is 0 Å². The van der Waals surface area contributed by atoms with Gasteiger partial charge in [-0.2, -0.15) is 0 Å². The van der Waals surface area contributed by atoms with Gasteiger partial charge in [0, 0.05) is 29.1 Å². The van der Waals surface area contributed by atoms with E-state index < -0.39 is 0 Å². The van der Waals surface area contributed by atoms with Crippen LogP contribution in [0.15, 0.2) is 128 Å². The maximum atomic E-state index is 4.93. The number of nitrogens with zero attached hydrogens (tertiary/aromatic N) is 3. The van der Waals surface area contributed by atoms with Crippen molar-refractivity contribution < 1.29 is 0 Å². The highest BCUT2D eigenvalue weighted by Crippen LogP contribution is 2.29. The van der Waals surface area contributed by atoms with Crippen molar-refractivity contribution in [2.75, 3.05) is 0 Å². The van der Waals surface area contributed by atoms with E-state index in [-0.39, 0.29) is 0 Å². The number of allylic oxidation sites excluding steroid dienone is 5. The van der Waals surface area contributed by atoms with Crippen LogP contribution in [0.25, 0.3) is 50.0 Å². The zero-order valence-corrected chi connectivity index (χ0v) is 19.6. The molecule has 0 fully saturated rings. The fourth-order valence-corrected chi connectivity index (χ4v) is 4.02. The van der Waals surface area contributed by atoms with Crippen LogP contribution < -0.4 is 0 Å². The lowest BCUT2D eigenvalue weighted by atomic mass is 10.0. The Hall–Kier alpha value is -4.63. The molecule has 0 saturated carbocycles. The minimum atomic E-state index is 0.648. The molecule has 0 atom stereocenters. The lowest BCUT2D eigenvalue weighted by Crippen LogP contribution is -1.98. The lowest BCUT2D eigenvalue weighted by molar-refractivity contribution is 1.13. The Morgan fingerprint density at radius 2 is 1.43 bits per heavy atom. The summed E-state index contributed by atoms with van der Waals surface area (Å²) >= 11 is 0. The van der Waals surface area contributed by atoms with E-state index >= 15 is 0 Å². The van der Waals surface area contributed by atoms with Gasteiger partial charge in [0.15, 0.2) is 5.82 Å². The van der Waals surface area contributed by atoms with E-state index in [1.54, 1.807) is 12.3 Å². The summed E-state index contributed by atoms with van der Waals surface area (Å²) in [5.41, 5.74) is 6.89. The average molecular weight is 452 g/mol. The van der Waals surface area contributed by atoms with Crippen LogP contribution >= 0.6 is 0 Å². The molecule has 3 heteroatoms. The molecule has 5 rings (SSSR count). The number of benzene rings is 3. The van der Waals surface area contributed by atoms with Gasteiger partial charge in [-0.1, -0.05) is 97.6 Å². The number of aromatic nitrogens is 3. The van der Waals surface area contributed by atoms with Crippen molar-refractivity contribution in [3.8, 4) is 33.6 Å². The quantitative estimate of drug-likeness (QED) is 0.244. The van der Waals surface area contributed by atoms with Crippen LogP contribution in [0.5, 0.6) is 0 Å². The maximum absolute atomic E-state index is 4.93. The number of pyridine rings is 1. The van der Waals surface area contributed by atoms with Crippen LogP contribution in [-0.2, 0) is 0 Å². The van der Waals surface area contributed by atoms with Gasteiger partial charge in [-0.15, -0.1) is 0 Å². The van der Waals surface area contributed by atoms with E-state index in [1.807, 2.05) is 37.4 Å². The van der Waals surface area contributed by atoms with Gasteiger partial charge in [-0.25, -0.2) is 9.97 Å². The Kier molecular flexibility index (Phi) is 6.40. The predicted octanol–water partition coefficient (Wildman–Crippen LogP) is 8.17. The molecule has 0 aliphatic carbocycles. The number of fused-ring (bicyclic) bond motifs is 1. The first-order valence-corrected chi connectivity index (χ1v) is 11.6. The molecule has 5 aromatic rings. The summed E-state index contributed by atoms with van der Waals surface area (Å²) in [7, 11) is 0. The molecule has 2 aromatic heterocycles. The molecule has 2 heterocycles. The highest BCUT2D eigenvalue weighted by atomic mass is 14.9. The molecule has 3 nitrogen and oxygen atoms in total. The standard InChI is InChI=1S/C32H25N3/c1-3-5-9-23(4-2)32-34-30(26-16-13-25(14-17-26)29-12-8-19-33-22-29)21-31(35-32)28-18-15-24-10-6-7-11-27(24)20-28/h3-22H,2H2,1H3/b5-3-,23-9+. The van der Waals surface area contributed by atoms with Gasteiger partial charge in [-0.05, 0) is 47.0 Å². The summed E-state index contributed by atoms with van der Waals surface area (Å²) in [6, 6.07) is 29.3. The molecule has 0 bridgehead atoms. The van der Waals surface area contributed by atoms with E-state index in [2.05, 4.69) is 90.4 Å². The topological polar surface area (TPSA) is 38.7 Å². The van der Waals surface area contributed by atoms with Crippen LogP contribution in [-0.4, -0.2) is 15.0 Å². The minimum Gasteiger partial charge on any atom is -0.264 e. The molecule has 0 saturated heterocycles. The Morgan fingerprint density at radius 3 is 2.14 bits per heavy atom. The van der Waals surface area contributed by atoms with Crippen LogP contribution in [0.4, 0.5) is 0 Å². The summed E-state index contributed by atoms with van der Waals surface area (Å²) < 4.78 is 0. The van der Waals surface area contributed by atoms with Crippen molar-refractivity contribution in [3.05, 3.63) is 134 Å². The van der Waals surface area contributed by atoms with Crippen LogP contribution in [0.1, 0.15) is 12.7 Å². The molecular weight excluding hydrogens is 426 g/mol. The molecule has 0 spiro atoms. The van der Waals surface area contributed by atoms with Crippen molar-refractivity contribution in [2.45, 2.75) is 6.92 Å².